The third-order valence-electron chi connectivity index (χ3n) is 2.81. The Balaban J connectivity index is 2.19. The van der Waals surface area contributed by atoms with E-state index >= 15 is 0 Å². The first-order chi connectivity index (χ1) is 8.58. The highest BCUT2D eigenvalue weighted by Gasteiger charge is 2.23. The van der Waals surface area contributed by atoms with E-state index in [2.05, 4.69) is 5.32 Å². The van der Waals surface area contributed by atoms with Crippen molar-refractivity contribution in [1.29, 1.82) is 0 Å². The summed E-state index contributed by atoms with van der Waals surface area (Å²) in [5, 5.41) is 3.42. The number of thiocarbonyl (C=S) groups is 1. The van der Waals surface area contributed by atoms with Crippen LogP contribution in [0, 0.1) is 5.92 Å². The van der Waals surface area contributed by atoms with Gasteiger partial charge < -0.3 is 11.1 Å². The first kappa shape index (κ1) is 13.6. The van der Waals surface area contributed by atoms with Crippen molar-refractivity contribution >= 4 is 52.2 Å². The second-order valence-corrected chi connectivity index (χ2v) is 6.13. The smallest absolute Gasteiger partial charge is 0.228 e. The summed E-state index contributed by atoms with van der Waals surface area (Å²) < 4.78 is 0. The maximum absolute atomic E-state index is 12.0. The van der Waals surface area contributed by atoms with Crippen molar-refractivity contribution in [3.05, 3.63) is 28.8 Å². The fourth-order valence-corrected chi connectivity index (χ4v) is 3.38. The summed E-state index contributed by atoms with van der Waals surface area (Å²) in [5.74, 6) is 1.98. The van der Waals surface area contributed by atoms with Gasteiger partial charge in [0.2, 0.25) is 5.91 Å². The SMILES string of the molecule is NC(=S)c1ccc(Cl)cc1NC(=O)C1CCSC1. The van der Waals surface area contributed by atoms with Crippen molar-refractivity contribution in [2.24, 2.45) is 11.7 Å². The van der Waals surface area contributed by atoms with Gasteiger partial charge in [0.1, 0.15) is 4.99 Å². The highest BCUT2D eigenvalue weighted by Crippen LogP contribution is 2.26. The van der Waals surface area contributed by atoms with E-state index in [0.717, 1.165) is 17.9 Å². The van der Waals surface area contributed by atoms with Crippen molar-refractivity contribution in [1.82, 2.24) is 0 Å². The van der Waals surface area contributed by atoms with E-state index in [0.29, 0.717) is 16.3 Å². The maximum atomic E-state index is 12.0. The number of benzene rings is 1. The summed E-state index contributed by atoms with van der Waals surface area (Å²) >= 11 is 12.7. The van der Waals surface area contributed by atoms with Gasteiger partial charge >= 0.3 is 0 Å². The number of thioether (sulfide) groups is 1. The van der Waals surface area contributed by atoms with E-state index in [-0.39, 0.29) is 16.8 Å². The van der Waals surface area contributed by atoms with Gasteiger partial charge in [-0.2, -0.15) is 11.8 Å². The molecule has 1 unspecified atom stereocenters. The Morgan fingerprint density at radius 3 is 2.94 bits per heavy atom. The molecule has 1 aromatic rings. The highest BCUT2D eigenvalue weighted by atomic mass is 35.5. The number of anilines is 1. The number of nitrogens with one attached hydrogen (secondary N) is 1. The molecule has 3 nitrogen and oxygen atoms in total. The summed E-state index contributed by atoms with van der Waals surface area (Å²) in [4.78, 5) is 12.3. The molecule has 1 aliphatic rings. The predicted molar refractivity (Wildman–Crippen MR) is 81.4 cm³/mol. The van der Waals surface area contributed by atoms with Crippen molar-refractivity contribution in [3.8, 4) is 0 Å². The minimum absolute atomic E-state index is 0.0137. The lowest BCUT2D eigenvalue weighted by Gasteiger charge is -2.13. The minimum atomic E-state index is 0.0137. The zero-order chi connectivity index (χ0) is 13.1. The Morgan fingerprint density at radius 1 is 1.56 bits per heavy atom. The Labute approximate surface area is 120 Å². The number of hydrogen-bond donors (Lipinski definition) is 2. The molecule has 3 N–H and O–H groups in total. The van der Waals surface area contributed by atoms with Crippen LogP contribution >= 0.6 is 35.6 Å². The summed E-state index contributed by atoms with van der Waals surface area (Å²) in [7, 11) is 0. The zero-order valence-electron chi connectivity index (χ0n) is 9.61. The Kier molecular flexibility index (Phi) is 4.48. The molecule has 0 radical (unpaired) electrons. The quantitative estimate of drug-likeness (QED) is 0.843. The molecule has 1 aromatic carbocycles. The maximum Gasteiger partial charge on any atom is 0.228 e. The van der Waals surface area contributed by atoms with Crippen molar-refractivity contribution in [3.63, 3.8) is 0 Å². The summed E-state index contributed by atoms with van der Waals surface area (Å²) in [6.07, 6.45) is 0.916. The molecule has 0 spiro atoms. The molecule has 1 saturated heterocycles. The molecule has 1 aliphatic heterocycles. The van der Waals surface area contributed by atoms with E-state index in [4.69, 9.17) is 29.6 Å². The molecule has 18 heavy (non-hydrogen) atoms. The van der Waals surface area contributed by atoms with Crippen LogP contribution in [0.25, 0.3) is 0 Å². The number of halogens is 1. The van der Waals surface area contributed by atoms with Gasteiger partial charge in [-0.05, 0) is 30.4 Å². The first-order valence-corrected chi connectivity index (χ1v) is 7.50. The Morgan fingerprint density at radius 2 is 2.33 bits per heavy atom. The van der Waals surface area contributed by atoms with E-state index < -0.39 is 0 Å². The fraction of sp³-hybridized carbons (Fsp3) is 0.333. The minimum Gasteiger partial charge on any atom is -0.389 e. The summed E-state index contributed by atoms with van der Waals surface area (Å²) in [6, 6.07) is 5.11. The molecule has 0 saturated carbocycles. The molecule has 1 atom stereocenters. The lowest BCUT2D eigenvalue weighted by atomic mass is 10.1. The van der Waals surface area contributed by atoms with Gasteiger partial charge in [0.25, 0.3) is 0 Å². The van der Waals surface area contributed by atoms with Crippen LogP contribution in [-0.2, 0) is 4.79 Å². The number of amides is 1. The van der Waals surface area contributed by atoms with Crippen LogP contribution in [0.4, 0.5) is 5.69 Å². The molecular formula is C12H13ClN2OS2. The van der Waals surface area contributed by atoms with E-state index in [1.54, 1.807) is 30.0 Å². The molecule has 0 bridgehead atoms. The largest absolute Gasteiger partial charge is 0.389 e. The molecule has 1 heterocycles. The Hall–Kier alpha value is -0.780. The van der Waals surface area contributed by atoms with E-state index in [9.17, 15) is 4.79 Å². The summed E-state index contributed by atoms with van der Waals surface area (Å²) in [6.45, 7) is 0. The molecule has 1 fully saturated rings. The third-order valence-corrected chi connectivity index (χ3v) is 4.42. The van der Waals surface area contributed by atoms with Gasteiger partial charge in [0.15, 0.2) is 0 Å². The van der Waals surface area contributed by atoms with Gasteiger partial charge in [0.05, 0.1) is 5.69 Å². The zero-order valence-corrected chi connectivity index (χ0v) is 12.0. The van der Waals surface area contributed by atoms with Gasteiger partial charge in [-0.1, -0.05) is 23.8 Å². The molecule has 1 amide bonds. The molecule has 6 heteroatoms. The summed E-state index contributed by atoms with van der Waals surface area (Å²) in [5.41, 5.74) is 6.87. The first-order valence-electron chi connectivity index (χ1n) is 5.56. The van der Waals surface area contributed by atoms with Gasteiger partial charge in [-0.15, -0.1) is 0 Å². The number of carbonyl (C=O) groups is 1. The standard InChI is InChI=1S/C12H13ClN2OS2/c13-8-1-2-9(11(14)17)10(5-8)15-12(16)7-3-4-18-6-7/h1-2,5,7H,3-4,6H2,(H2,14,17)(H,15,16). The van der Waals surface area contributed by atoms with E-state index in [1.807, 2.05) is 0 Å². The van der Waals surface area contributed by atoms with E-state index in [1.165, 1.54) is 0 Å². The van der Waals surface area contributed by atoms with Crippen LogP contribution in [0.1, 0.15) is 12.0 Å². The number of rotatable bonds is 3. The average Bonchev–Trinajstić information content (AvgIpc) is 2.81. The normalized spacial score (nSPS) is 18.6. The second-order valence-electron chi connectivity index (χ2n) is 4.10. The monoisotopic (exact) mass is 300 g/mol. The van der Waals surface area contributed by atoms with Crippen LogP contribution in [0.2, 0.25) is 5.02 Å². The number of nitrogens with two attached hydrogens (primary N) is 1. The highest BCUT2D eigenvalue weighted by molar-refractivity contribution is 7.99. The van der Waals surface area contributed by atoms with Crippen LogP contribution in [-0.4, -0.2) is 22.4 Å². The van der Waals surface area contributed by atoms with Crippen LogP contribution in [0.3, 0.4) is 0 Å². The second kappa shape index (κ2) is 5.91. The molecule has 0 aliphatic carbocycles. The number of hydrogen-bond acceptors (Lipinski definition) is 3. The average molecular weight is 301 g/mol. The molecular weight excluding hydrogens is 288 g/mol. The van der Waals surface area contributed by atoms with Gasteiger partial charge in [-0.25, -0.2) is 0 Å². The predicted octanol–water partition coefficient (Wildman–Crippen LogP) is 2.67. The third kappa shape index (κ3) is 3.16. The van der Waals surface area contributed by atoms with Crippen LogP contribution in [0.15, 0.2) is 18.2 Å². The van der Waals surface area contributed by atoms with Crippen molar-refractivity contribution in [2.75, 3.05) is 16.8 Å². The molecule has 0 aromatic heterocycles. The fourth-order valence-electron chi connectivity index (χ4n) is 1.81. The lowest BCUT2D eigenvalue weighted by Crippen LogP contribution is -2.24. The van der Waals surface area contributed by atoms with Gasteiger partial charge in [-0.3, -0.25) is 4.79 Å². The van der Waals surface area contributed by atoms with Crippen molar-refractivity contribution in [2.45, 2.75) is 6.42 Å². The van der Waals surface area contributed by atoms with Crippen molar-refractivity contribution < 1.29 is 4.79 Å². The lowest BCUT2D eigenvalue weighted by molar-refractivity contribution is -0.119. The Bertz CT molecular complexity index is 487. The molecule has 96 valence electrons. The number of carbonyl (C=O) groups excluding carboxylic acids is 1. The van der Waals surface area contributed by atoms with Crippen LogP contribution in [0.5, 0.6) is 0 Å². The van der Waals surface area contributed by atoms with Crippen LogP contribution < -0.4 is 11.1 Å². The van der Waals surface area contributed by atoms with Gasteiger partial charge in [0, 0.05) is 22.3 Å². The molecule has 2 rings (SSSR count). The topological polar surface area (TPSA) is 55.1 Å².